The molecule has 1 atom stereocenters. The molecule has 1 heterocycles. The molecule has 1 aromatic carbocycles. The second-order valence-electron chi connectivity index (χ2n) is 3.94. The number of hydrogen-bond donors (Lipinski definition) is 1. The van der Waals surface area contributed by atoms with Gasteiger partial charge >= 0.3 is 0 Å². The van der Waals surface area contributed by atoms with Crippen molar-refractivity contribution in [3.05, 3.63) is 51.3 Å². The van der Waals surface area contributed by atoms with Crippen molar-refractivity contribution >= 4 is 33.2 Å². The molecule has 1 unspecified atom stereocenters. The maximum absolute atomic E-state index is 6.04. The highest BCUT2D eigenvalue weighted by molar-refractivity contribution is 9.10. The quantitative estimate of drug-likeness (QED) is 0.844. The lowest BCUT2D eigenvalue weighted by Crippen LogP contribution is -2.05. The first-order valence-corrected chi connectivity index (χ1v) is 6.51. The Hall–Kier alpha value is -0.930. The molecular weight excluding hydrogens is 302 g/mol. The van der Waals surface area contributed by atoms with Gasteiger partial charge in [0, 0.05) is 10.2 Å². The summed E-state index contributed by atoms with van der Waals surface area (Å²) in [6.07, 6.45) is 0. The lowest BCUT2D eigenvalue weighted by atomic mass is 10.2. The van der Waals surface area contributed by atoms with E-state index in [1.165, 1.54) is 0 Å². The Labute approximate surface area is 114 Å². The van der Waals surface area contributed by atoms with Crippen molar-refractivity contribution in [1.29, 1.82) is 0 Å². The van der Waals surface area contributed by atoms with Crippen LogP contribution in [0.5, 0.6) is 0 Å². The van der Waals surface area contributed by atoms with Crippen molar-refractivity contribution < 1.29 is 4.42 Å². The number of halogens is 2. The Morgan fingerprint density at radius 2 is 2.06 bits per heavy atom. The highest BCUT2D eigenvalue weighted by Crippen LogP contribution is 2.28. The van der Waals surface area contributed by atoms with Gasteiger partial charge in [0.15, 0.2) is 0 Å². The molecule has 1 N–H and O–H groups in total. The van der Waals surface area contributed by atoms with E-state index in [2.05, 4.69) is 21.2 Å². The van der Waals surface area contributed by atoms with Crippen molar-refractivity contribution in [2.24, 2.45) is 0 Å². The van der Waals surface area contributed by atoms with Crippen molar-refractivity contribution in [3.63, 3.8) is 0 Å². The molecule has 90 valence electrons. The van der Waals surface area contributed by atoms with Gasteiger partial charge in [-0.2, -0.15) is 0 Å². The minimum Gasteiger partial charge on any atom is -0.464 e. The van der Waals surface area contributed by atoms with Crippen LogP contribution in [0.1, 0.15) is 24.5 Å². The molecule has 0 spiro atoms. The number of aryl methyl sites for hydroxylation is 1. The van der Waals surface area contributed by atoms with Crippen LogP contribution in [-0.4, -0.2) is 0 Å². The zero-order valence-corrected chi connectivity index (χ0v) is 12.0. The summed E-state index contributed by atoms with van der Waals surface area (Å²) >= 11 is 9.40. The monoisotopic (exact) mass is 313 g/mol. The molecule has 0 aliphatic rings. The summed E-state index contributed by atoms with van der Waals surface area (Å²) in [5.41, 5.74) is 0.972. The van der Waals surface area contributed by atoms with Crippen molar-refractivity contribution in [2.45, 2.75) is 19.9 Å². The third-order valence-electron chi connectivity index (χ3n) is 2.49. The van der Waals surface area contributed by atoms with Gasteiger partial charge in [0.05, 0.1) is 11.1 Å². The predicted octanol–water partition coefficient (Wildman–Crippen LogP) is 5.18. The van der Waals surface area contributed by atoms with E-state index < -0.39 is 0 Å². The Morgan fingerprint density at radius 1 is 1.29 bits per heavy atom. The first-order chi connectivity index (χ1) is 8.06. The van der Waals surface area contributed by atoms with Gasteiger partial charge in [-0.05, 0) is 60.1 Å². The first-order valence-electron chi connectivity index (χ1n) is 5.34. The predicted molar refractivity (Wildman–Crippen MR) is 74.6 cm³/mol. The molecule has 17 heavy (non-hydrogen) atoms. The molecule has 0 radical (unpaired) electrons. The summed E-state index contributed by atoms with van der Waals surface area (Å²) in [6, 6.07) is 9.83. The molecule has 0 saturated carbocycles. The molecule has 2 rings (SSSR count). The smallest absolute Gasteiger partial charge is 0.126 e. The molecule has 2 nitrogen and oxygen atoms in total. The summed E-state index contributed by atoms with van der Waals surface area (Å²) in [5.74, 6) is 1.84. The topological polar surface area (TPSA) is 25.2 Å². The zero-order valence-electron chi connectivity index (χ0n) is 9.63. The Bertz CT molecular complexity index is 524. The molecular formula is C13H13BrClNO. The Morgan fingerprint density at radius 3 is 2.65 bits per heavy atom. The maximum Gasteiger partial charge on any atom is 0.126 e. The van der Waals surface area contributed by atoms with Gasteiger partial charge in [0.2, 0.25) is 0 Å². The van der Waals surface area contributed by atoms with Gasteiger partial charge in [0.25, 0.3) is 0 Å². The molecule has 2 aromatic rings. The zero-order chi connectivity index (χ0) is 12.4. The van der Waals surface area contributed by atoms with Crippen LogP contribution in [0.15, 0.2) is 39.2 Å². The normalized spacial score (nSPS) is 12.5. The largest absolute Gasteiger partial charge is 0.464 e. The molecule has 0 aliphatic carbocycles. The number of furan rings is 1. The van der Waals surface area contributed by atoms with E-state index >= 15 is 0 Å². The van der Waals surface area contributed by atoms with Crippen LogP contribution in [0.3, 0.4) is 0 Å². The van der Waals surface area contributed by atoms with Gasteiger partial charge in [-0.1, -0.05) is 11.6 Å². The lowest BCUT2D eigenvalue weighted by Gasteiger charge is -2.13. The summed E-state index contributed by atoms with van der Waals surface area (Å²) in [4.78, 5) is 0. The first kappa shape index (κ1) is 12.5. The molecule has 0 amide bonds. The number of anilines is 1. The van der Waals surface area contributed by atoms with Crippen LogP contribution >= 0.6 is 27.5 Å². The summed E-state index contributed by atoms with van der Waals surface area (Å²) in [7, 11) is 0. The highest BCUT2D eigenvalue weighted by Gasteiger charge is 2.09. The van der Waals surface area contributed by atoms with Crippen molar-refractivity contribution in [1.82, 2.24) is 0 Å². The van der Waals surface area contributed by atoms with E-state index in [1.807, 2.05) is 44.2 Å². The minimum atomic E-state index is 0.112. The van der Waals surface area contributed by atoms with Gasteiger partial charge in [-0.3, -0.25) is 0 Å². The molecule has 0 bridgehead atoms. The molecule has 1 aromatic heterocycles. The third kappa shape index (κ3) is 3.05. The van der Waals surface area contributed by atoms with Gasteiger partial charge in [-0.25, -0.2) is 0 Å². The summed E-state index contributed by atoms with van der Waals surface area (Å²) < 4.78 is 6.46. The number of rotatable bonds is 3. The van der Waals surface area contributed by atoms with E-state index in [0.717, 1.165) is 21.7 Å². The highest BCUT2D eigenvalue weighted by atomic mass is 79.9. The SMILES string of the molecule is Cc1ccc(C(C)Nc2ccc(Br)c(Cl)c2)o1. The van der Waals surface area contributed by atoms with E-state index in [0.29, 0.717) is 5.02 Å². The summed E-state index contributed by atoms with van der Waals surface area (Å²) in [5, 5.41) is 4.03. The number of benzene rings is 1. The van der Waals surface area contributed by atoms with Crippen LogP contribution in [0, 0.1) is 6.92 Å². The number of hydrogen-bond acceptors (Lipinski definition) is 2. The Kier molecular flexibility index (Phi) is 3.79. The van der Waals surface area contributed by atoms with Crippen LogP contribution in [0.4, 0.5) is 5.69 Å². The van der Waals surface area contributed by atoms with Crippen molar-refractivity contribution in [3.8, 4) is 0 Å². The van der Waals surface area contributed by atoms with Gasteiger partial charge < -0.3 is 9.73 Å². The molecule has 0 aliphatic heterocycles. The maximum atomic E-state index is 6.04. The Balaban J connectivity index is 2.12. The fourth-order valence-electron chi connectivity index (χ4n) is 1.59. The lowest BCUT2D eigenvalue weighted by molar-refractivity contribution is 0.467. The molecule has 4 heteroatoms. The average molecular weight is 315 g/mol. The molecule has 0 fully saturated rings. The van der Waals surface area contributed by atoms with Gasteiger partial charge in [0.1, 0.15) is 11.5 Å². The third-order valence-corrected chi connectivity index (χ3v) is 3.72. The van der Waals surface area contributed by atoms with E-state index in [1.54, 1.807) is 0 Å². The minimum absolute atomic E-state index is 0.112. The van der Waals surface area contributed by atoms with Gasteiger partial charge in [-0.15, -0.1) is 0 Å². The fraction of sp³-hybridized carbons (Fsp3) is 0.231. The van der Waals surface area contributed by atoms with E-state index in [9.17, 15) is 0 Å². The number of nitrogens with one attached hydrogen (secondary N) is 1. The van der Waals surface area contributed by atoms with E-state index in [4.69, 9.17) is 16.0 Å². The average Bonchev–Trinajstić information content (AvgIpc) is 2.70. The van der Waals surface area contributed by atoms with Crippen LogP contribution < -0.4 is 5.32 Å². The van der Waals surface area contributed by atoms with Crippen molar-refractivity contribution in [2.75, 3.05) is 5.32 Å². The fourth-order valence-corrected chi connectivity index (χ4v) is 2.02. The second kappa shape index (κ2) is 5.15. The standard InChI is InChI=1S/C13H13BrClNO/c1-8-3-6-13(17-8)9(2)16-10-4-5-11(14)12(15)7-10/h3-7,9,16H,1-2H3. The van der Waals surface area contributed by atoms with Crippen LogP contribution in [-0.2, 0) is 0 Å². The van der Waals surface area contributed by atoms with Crippen LogP contribution in [0.25, 0.3) is 0 Å². The summed E-state index contributed by atoms with van der Waals surface area (Å²) in [6.45, 7) is 3.99. The second-order valence-corrected chi connectivity index (χ2v) is 5.20. The molecule has 0 saturated heterocycles. The van der Waals surface area contributed by atoms with E-state index in [-0.39, 0.29) is 6.04 Å². The van der Waals surface area contributed by atoms with Crippen LogP contribution in [0.2, 0.25) is 5.02 Å².